The third-order valence-corrected chi connectivity index (χ3v) is 3.65. The molecule has 1 heterocycles. The van der Waals surface area contributed by atoms with Gasteiger partial charge in [0.15, 0.2) is 0 Å². The van der Waals surface area contributed by atoms with Crippen molar-refractivity contribution >= 4 is 15.9 Å². The van der Waals surface area contributed by atoms with Crippen LogP contribution in [-0.2, 0) is 4.84 Å². The van der Waals surface area contributed by atoms with Gasteiger partial charge >= 0.3 is 0 Å². The predicted molar refractivity (Wildman–Crippen MR) is 72.4 cm³/mol. The Morgan fingerprint density at radius 2 is 2.35 bits per heavy atom. The Bertz CT molecular complexity index is 366. The molecule has 1 aliphatic heterocycles. The molecule has 94 valence electrons. The average molecular weight is 299 g/mol. The van der Waals surface area contributed by atoms with E-state index in [1.165, 1.54) is 5.56 Å². The molecule has 4 heteroatoms. The lowest BCUT2D eigenvalue weighted by molar-refractivity contribution is -0.148. The molecule has 0 aromatic heterocycles. The second-order valence-electron chi connectivity index (χ2n) is 4.40. The van der Waals surface area contributed by atoms with Gasteiger partial charge < -0.3 is 5.73 Å². The molecule has 1 saturated heterocycles. The third-order valence-electron chi connectivity index (χ3n) is 3.16. The molecule has 0 bridgehead atoms. The Kier molecular flexibility index (Phi) is 4.56. The van der Waals surface area contributed by atoms with E-state index in [0.717, 1.165) is 30.5 Å². The van der Waals surface area contributed by atoms with E-state index in [2.05, 4.69) is 35.0 Å². The lowest BCUT2D eigenvalue weighted by atomic mass is 9.98. The fourth-order valence-corrected chi connectivity index (χ4v) is 2.64. The number of halogens is 1. The SMILES string of the molecule is CCC(N)C(c1cccc(Br)c1)N1CCCO1. The quantitative estimate of drug-likeness (QED) is 0.929. The molecule has 17 heavy (non-hydrogen) atoms. The van der Waals surface area contributed by atoms with Crippen LogP contribution in [0.5, 0.6) is 0 Å². The van der Waals surface area contributed by atoms with Gasteiger partial charge in [-0.05, 0) is 30.5 Å². The lowest BCUT2D eigenvalue weighted by Crippen LogP contribution is -2.38. The van der Waals surface area contributed by atoms with E-state index >= 15 is 0 Å². The van der Waals surface area contributed by atoms with Crippen molar-refractivity contribution in [2.45, 2.75) is 31.8 Å². The van der Waals surface area contributed by atoms with Gasteiger partial charge in [-0.3, -0.25) is 4.84 Å². The summed E-state index contributed by atoms with van der Waals surface area (Å²) in [6, 6.07) is 8.57. The van der Waals surface area contributed by atoms with Crippen LogP contribution < -0.4 is 5.73 Å². The maximum atomic E-state index is 6.24. The molecule has 0 radical (unpaired) electrons. The number of nitrogens with two attached hydrogens (primary N) is 1. The summed E-state index contributed by atoms with van der Waals surface area (Å²) in [5, 5.41) is 2.04. The first-order chi connectivity index (χ1) is 8.22. The number of hydrogen-bond donors (Lipinski definition) is 1. The topological polar surface area (TPSA) is 38.5 Å². The maximum Gasteiger partial charge on any atom is 0.0753 e. The fraction of sp³-hybridized carbons (Fsp3) is 0.538. The smallest absolute Gasteiger partial charge is 0.0753 e. The molecule has 2 rings (SSSR count). The molecule has 3 nitrogen and oxygen atoms in total. The van der Waals surface area contributed by atoms with E-state index < -0.39 is 0 Å². The molecule has 0 saturated carbocycles. The third kappa shape index (κ3) is 3.07. The van der Waals surface area contributed by atoms with Gasteiger partial charge in [0.1, 0.15) is 0 Å². The van der Waals surface area contributed by atoms with Gasteiger partial charge in [-0.2, -0.15) is 5.06 Å². The highest BCUT2D eigenvalue weighted by atomic mass is 79.9. The first-order valence-electron chi connectivity index (χ1n) is 6.13. The van der Waals surface area contributed by atoms with Crippen molar-refractivity contribution in [2.75, 3.05) is 13.2 Å². The van der Waals surface area contributed by atoms with E-state index in [1.807, 2.05) is 17.2 Å². The van der Waals surface area contributed by atoms with Gasteiger partial charge in [0.25, 0.3) is 0 Å². The zero-order valence-electron chi connectivity index (χ0n) is 10.1. The Morgan fingerprint density at radius 3 is 2.94 bits per heavy atom. The fourth-order valence-electron chi connectivity index (χ4n) is 2.23. The normalized spacial score (nSPS) is 20.4. The summed E-state index contributed by atoms with van der Waals surface area (Å²) in [7, 11) is 0. The zero-order chi connectivity index (χ0) is 12.3. The van der Waals surface area contributed by atoms with Gasteiger partial charge in [0.05, 0.1) is 12.6 Å². The van der Waals surface area contributed by atoms with E-state index in [-0.39, 0.29) is 12.1 Å². The Balaban J connectivity index is 2.25. The molecule has 1 aromatic rings. The first kappa shape index (κ1) is 13.0. The van der Waals surface area contributed by atoms with Crippen LogP contribution >= 0.6 is 15.9 Å². The van der Waals surface area contributed by atoms with E-state index in [9.17, 15) is 0 Å². The van der Waals surface area contributed by atoms with Crippen LogP contribution in [0.2, 0.25) is 0 Å². The van der Waals surface area contributed by atoms with Crippen molar-refractivity contribution in [2.24, 2.45) is 5.73 Å². The van der Waals surface area contributed by atoms with Gasteiger partial charge in [0, 0.05) is 17.1 Å². The molecule has 2 N–H and O–H groups in total. The summed E-state index contributed by atoms with van der Waals surface area (Å²) in [5.41, 5.74) is 7.46. The van der Waals surface area contributed by atoms with Crippen LogP contribution in [0.15, 0.2) is 28.7 Å². The van der Waals surface area contributed by atoms with Crippen LogP contribution in [0.4, 0.5) is 0 Å². The molecule has 1 fully saturated rings. The standard InChI is InChI=1S/C13H19BrN2O/c1-2-12(15)13(16-7-4-8-17-16)10-5-3-6-11(14)9-10/h3,5-6,9,12-13H,2,4,7-8,15H2,1H3. The van der Waals surface area contributed by atoms with E-state index in [1.54, 1.807) is 0 Å². The maximum absolute atomic E-state index is 6.24. The Morgan fingerprint density at radius 1 is 1.53 bits per heavy atom. The van der Waals surface area contributed by atoms with Crippen LogP contribution in [-0.4, -0.2) is 24.3 Å². The van der Waals surface area contributed by atoms with Crippen LogP contribution in [0, 0.1) is 0 Å². The second kappa shape index (κ2) is 5.96. The van der Waals surface area contributed by atoms with Gasteiger partial charge in [-0.25, -0.2) is 0 Å². The molecular formula is C13H19BrN2O. The lowest BCUT2D eigenvalue weighted by Gasteiger charge is -2.31. The summed E-state index contributed by atoms with van der Waals surface area (Å²) in [6.07, 6.45) is 2.03. The minimum Gasteiger partial charge on any atom is -0.326 e. The van der Waals surface area contributed by atoms with Crippen LogP contribution in [0.25, 0.3) is 0 Å². The van der Waals surface area contributed by atoms with E-state index in [0.29, 0.717) is 0 Å². The second-order valence-corrected chi connectivity index (χ2v) is 5.32. The highest BCUT2D eigenvalue weighted by Crippen LogP contribution is 2.29. The highest BCUT2D eigenvalue weighted by Gasteiger charge is 2.29. The van der Waals surface area contributed by atoms with Crippen molar-refractivity contribution < 1.29 is 4.84 Å². The monoisotopic (exact) mass is 298 g/mol. The molecule has 2 unspecified atom stereocenters. The van der Waals surface area contributed by atoms with Crippen molar-refractivity contribution in [1.29, 1.82) is 0 Å². The van der Waals surface area contributed by atoms with Crippen molar-refractivity contribution in [1.82, 2.24) is 5.06 Å². The van der Waals surface area contributed by atoms with Crippen LogP contribution in [0.3, 0.4) is 0 Å². The van der Waals surface area contributed by atoms with Crippen molar-refractivity contribution in [3.05, 3.63) is 34.3 Å². The van der Waals surface area contributed by atoms with Crippen molar-refractivity contribution in [3.8, 4) is 0 Å². The summed E-state index contributed by atoms with van der Waals surface area (Å²) in [6.45, 7) is 3.89. The number of hydroxylamine groups is 2. The summed E-state index contributed by atoms with van der Waals surface area (Å²) >= 11 is 3.51. The summed E-state index contributed by atoms with van der Waals surface area (Å²) in [5.74, 6) is 0. The molecular weight excluding hydrogens is 280 g/mol. The predicted octanol–water partition coefficient (Wildman–Crippen LogP) is 2.86. The highest BCUT2D eigenvalue weighted by molar-refractivity contribution is 9.10. The van der Waals surface area contributed by atoms with E-state index in [4.69, 9.17) is 10.6 Å². The number of benzene rings is 1. The number of hydrogen-bond acceptors (Lipinski definition) is 3. The largest absolute Gasteiger partial charge is 0.326 e. The minimum atomic E-state index is 0.0994. The number of rotatable bonds is 4. The molecule has 0 aliphatic carbocycles. The Hall–Kier alpha value is -0.420. The van der Waals surface area contributed by atoms with Gasteiger partial charge in [0.2, 0.25) is 0 Å². The minimum absolute atomic E-state index is 0.0994. The summed E-state index contributed by atoms with van der Waals surface area (Å²) < 4.78 is 1.09. The molecule has 1 aliphatic rings. The molecule has 0 amide bonds. The van der Waals surface area contributed by atoms with Crippen molar-refractivity contribution in [3.63, 3.8) is 0 Å². The zero-order valence-corrected chi connectivity index (χ0v) is 11.7. The average Bonchev–Trinajstić information content (AvgIpc) is 2.83. The Labute approximate surface area is 111 Å². The molecule has 2 atom stereocenters. The first-order valence-corrected chi connectivity index (χ1v) is 6.92. The number of nitrogens with zero attached hydrogens (tertiary/aromatic N) is 1. The molecule has 0 spiro atoms. The van der Waals surface area contributed by atoms with Gasteiger partial charge in [-0.15, -0.1) is 0 Å². The van der Waals surface area contributed by atoms with Crippen LogP contribution in [0.1, 0.15) is 31.4 Å². The van der Waals surface area contributed by atoms with Gasteiger partial charge in [-0.1, -0.05) is 35.0 Å². The summed E-state index contributed by atoms with van der Waals surface area (Å²) in [4.78, 5) is 5.67. The molecule has 1 aromatic carbocycles.